The highest BCUT2D eigenvalue weighted by molar-refractivity contribution is 6.14. The van der Waals surface area contributed by atoms with Crippen molar-refractivity contribution in [2.24, 2.45) is 0 Å². The van der Waals surface area contributed by atoms with Gasteiger partial charge >= 0.3 is 0 Å². The molecule has 0 saturated heterocycles. The number of pyridine rings is 2. The summed E-state index contributed by atoms with van der Waals surface area (Å²) < 4.78 is 0. The zero-order valence-electron chi connectivity index (χ0n) is 27.7. The van der Waals surface area contributed by atoms with Crippen molar-refractivity contribution in [3.63, 3.8) is 0 Å². The third kappa shape index (κ3) is 5.08. The molecule has 1 aliphatic rings. The van der Waals surface area contributed by atoms with Gasteiger partial charge in [-0.3, -0.25) is 9.88 Å². The van der Waals surface area contributed by atoms with E-state index < -0.39 is 0 Å². The van der Waals surface area contributed by atoms with Gasteiger partial charge in [0.05, 0.1) is 5.69 Å². The van der Waals surface area contributed by atoms with Crippen molar-refractivity contribution in [1.29, 1.82) is 0 Å². The lowest BCUT2D eigenvalue weighted by Gasteiger charge is -2.27. The first-order valence-corrected chi connectivity index (χ1v) is 17.3. The van der Waals surface area contributed by atoms with E-state index in [2.05, 4.69) is 173 Å². The molecule has 10 rings (SSSR count). The van der Waals surface area contributed by atoms with E-state index in [1.54, 1.807) is 0 Å². The summed E-state index contributed by atoms with van der Waals surface area (Å²) in [4.78, 5) is 12.0. The Morgan fingerprint density at radius 1 is 0.471 bits per heavy atom. The number of aromatic nitrogens is 2. The quantitative estimate of drug-likeness (QED) is 0.188. The number of nitrogens with one attached hydrogen (secondary N) is 1. The van der Waals surface area contributed by atoms with E-state index in [-0.39, 0.29) is 6.17 Å². The summed E-state index contributed by atoms with van der Waals surface area (Å²) in [6.07, 6.45) is 5.58. The van der Waals surface area contributed by atoms with Gasteiger partial charge in [0, 0.05) is 35.4 Å². The Morgan fingerprint density at radius 3 is 2.06 bits per heavy atom. The summed E-state index contributed by atoms with van der Waals surface area (Å²) in [6, 6.07) is 58.8. The van der Waals surface area contributed by atoms with Crippen molar-refractivity contribution in [2.45, 2.75) is 6.17 Å². The Balaban J connectivity index is 1.16. The van der Waals surface area contributed by atoms with Crippen LogP contribution >= 0.6 is 0 Å². The molecule has 240 valence electrons. The first-order chi connectivity index (χ1) is 25.3. The molecule has 4 nitrogen and oxygen atoms in total. The molecule has 3 heterocycles. The number of hydrogen-bond acceptors (Lipinski definition) is 4. The molecule has 0 fully saturated rings. The average Bonchev–Trinajstić information content (AvgIpc) is 3.60. The molecule has 4 heteroatoms. The average molecular weight is 653 g/mol. The third-order valence-electron chi connectivity index (χ3n) is 10.1. The number of anilines is 3. The molecular weight excluding hydrogens is 621 g/mol. The molecule has 2 aromatic heterocycles. The van der Waals surface area contributed by atoms with E-state index in [9.17, 15) is 0 Å². The van der Waals surface area contributed by atoms with Crippen molar-refractivity contribution >= 4 is 49.5 Å². The lowest BCUT2D eigenvalue weighted by molar-refractivity contribution is 0.821. The van der Waals surface area contributed by atoms with Crippen LogP contribution in [0.5, 0.6) is 0 Å². The molecule has 0 aliphatic carbocycles. The van der Waals surface area contributed by atoms with Crippen molar-refractivity contribution in [3.8, 4) is 33.4 Å². The van der Waals surface area contributed by atoms with Crippen LogP contribution in [0.2, 0.25) is 0 Å². The number of hydrogen-bond donors (Lipinski definition) is 1. The molecule has 1 unspecified atom stereocenters. The predicted octanol–water partition coefficient (Wildman–Crippen LogP) is 12.2. The number of fused-ring (bicyclic) bond motifs is 5. The van der Waals surface area contributed by atoms with Crippen LogP contribution in [0.1, 0.15) is 11.7 Å². The lowest BCUT2D eigenvalue weighted by atomic mass is 9.90. The second-order valence-corrected chi connectivity index (χ2v) is 13.2. The summed E-state index contributed by atoms with van der Waals surface area (Å²) in [5.41, 5.74) is 9.98. The first-order valence-electron chi connectivity index (χ1n) is 17.3. The van der Waals surface area contributed by atoms with Gasteiger partial charge in [0.2, 0.25) is 0 Å². The summed E-state index contributed by atoms with van der Waals surface area (Å²) in [5.74, 6) is 0.903. The highest BCUT2D eigenvalue weighted by Crippen LogP contribution is 2.47. The van der Waals surface area contributed by atoms with Gasteiger partial charge in [0.25, 0.3) is 0 Å². The SMILES string of the molecule is c1ccc(N2c3ncc(-c4ccc5ccccc5c4)cc3NC2c2cc(-c3cccnc3)cc(-c3cc4ccccc4c4ccccc34)c2)cc1. The topological polar surface area (TPSA) is 41.1 Å². The summed E-state index contributed by atoms with van der Waals surface area (Å²) in [7, 11) is 0. The van der Waals surface area contributed by atoms with Crippen molar-refractivity contribution in [2.75, 3.05) is 10.2 Å². The smallest absolute Gasteiger partial charge is 0.158 e. The highest BCUT2D eigenvalue weighted by atomic mass is 15.4. The van der Waals surface area contributed by atoms with E-state index in [0.29, 0.717) is 0 Å². The largest absolute Gasteiger partial charge is 0.358 e. The Kier molecular flexibility index (Phi) is 6.85. The van der Waals surface area contributed by atoms with E-state index in [4.69, 9.17) is 4.98 Å². The Morgan fingerprint density at radius 2 is 1.22 bits per heavy atom. The van der Waals surface area contributed by atoms with Crippen LogP contribution in [0.3, 0.4) is 0 Å². The Labute approximate surface area is 296 Å². The van der Waals surface area contributed by atoms with E-state index in [1.807, 2.05) is 24.7 Å². The zero-order valence-corrected chi connectivity index (χ0v) is 27.7. The van der Waals surface area contributed by atoms with Crippen LogP contribution in [0, 0.1) is 0 Å². The molecule has 1 N–H and O–H groups in total. The summed E-state index contributed by atoms with van der Waals surface area (Å²) >= 11 is 0. The van der Waals surface area contributed by atoms with Crippen LogP contribution in [0.4, 0.5) is 17.2 Å². The summed E-state index contributed by atoms with van der Waals surface area (Å²) in [5, 5.41) is 11.3. The van der Waals surface area contributed by atoms with Gasteiger partial charge in [-0.1, -0.05) is 109 Å². The lowest BCUT2D eigenvalue weighted by Crippen LogP contribution is -2.24. The molecule has 0 radical (unpaired) electrons. The van der Waals surface area contributed by atoms with Gasteiger partial charge in [-0.2, -0.15) is 0 Å². The molecule has 7 aromatic carbocycles. The van der Waals surface area contributed by atoms with Crippen LogP contribution in [-0.2, 0) is 0 Å². The minimum Gasteiger partial charge on any atom is -0.358 e. The van der Waals surface area contributed by atoms with Gasteiger partial charge in [-0.25, -0.2) is 4.98 Å². The Hall–Kier alpha value is -6.78. The number of rotatable bonds is 5. The zero-order chi connectivity index (χ0) is 33.7. The van der Waals surface area contributed by atoms with Gasteiger partial charge in [0.1, 0.15) is 6.17 Å². The van der Waals surface area contributed by atoms with Crippen LogP contribution < -0.4 is 10.2 Å². The Bertz CT molecular complexity index is 2740. The molecule has 0 saturated carbocycles. The normalized spacial score (nSPS) is 13.8. The number of nitrogens with zero attached hydrogens (tertiary/aromatic N) is 3. The van der Waals surface area contributed by atoms with E-state index in [0.717, 1.165) is 50.6 Å². The van der Waals surface area contributed by atoms with Gasteiger partial charge in [-0.15, -0.1) is 0 Å². The second kappa shape index (κ2) is 12.0. The maximum absolute atomic E-state index is 5.14. The number of benzene rings is 7. The number of para-hydroxylation sites is 1. The van der Waals surface area contributed by atoms with E-state index >= 15 is 0 Å². The van der Waals surface area contributed by atoms with Crippen molar-refractivity contribution in [1.82, 2.24) is 9.97 Å². The molecule has 0 amide bonds. The van der Waals surface area contributed by atoms with Crippen LogP contribution in [0.25, 0.3) is 65.7 Å². The molecular formula is C47H32N4. The van der Waals surface area contributed by atoms with Crippen molar-refractivity contribution in [3.05, 3.63) is 188 Å². The fourth-order valence-electron chi connectivity index (χ4n) is 7.67. The summed E-state index contributed by atoms with van der Waals surface area (Å²) in [6.45, 7) is 0. The maximum Gasteiger partial charge on any atom is 0.158 e. The third-order valence-corrected chi connectivity index (χ3v) is 10.1. The standard InChI is InChI=1S/C47H32N4/c1-2-15-40(16-3-1)51-46(50-45-28-39(30-49-47(45)51)33-21-20-31-11-4-5-12-32(31)23-33)38-25-36(35-14-10-22-48-29-35)24-37(26-38)44-27-34-13-6-7-17-41(34)42-18-8-9-19-43(42)44/h1-30,46,50H. The highest BCUT2D eigenvalue weighted by Gasteiger charge is 2.33. The fourth-order valence-corrected chi connectivity index (χ4v) is 7.67. The molecule has 1 atom stereocenters. The molecule has 0 spiro atoms. The molecule has 0 bridgehead atoms. The van der Waals surface area contributed by atoms with Gasteiger partial charge in [0.15, 0.2) is 5.82 Å². The minimum absolute atomic E-state index is 0.205. The van der Waals surface area contributed by atoms with Crippen molar-refractivity contribution < 1.29 is 0 Å². The van der Waals surface area contributed by atoms with Crippen LogP contribution in [-0.4, -0.2) is 9.97 Å². The monoisotopic (exact) mass is 652 g/mol. The molecule has 1 aliphatic heterocycles. The maximum atomic E-state index is 5.14. The second-order valence-electron chi connectivity index (χ2n) is 13.2. The minimum atomic E-state index is -0.205. The molecule has 9 aromatic rings. The fraction of sp³-hybridized carbons (Fsp3) is 0.0213. The van der Waals surface area contributed by atoms with Gasteiger partial charge in [-0.05, 0) is 115 Å². The van der Waals surface area contributed by atoms with Gasteiger partial charge < -0.3 is 5.32 Å². The van der Waals surface area contributed by atoms with Crippen LogP contribution in [0.15, 0.2) is 182 Å². The first kappa shape index (κ1) is 29.2. The van der Waals surface area contributed by atoms with E-state index in [1.165, 1.54) is 37.9 Å². The predicted molar refractivity (Wildman–Crippen MR) is 212 cm³/mol. The molecule has 51 heavy (non-hydrogen) atoms.